The number of nitriles is 2. The molecule has 0 aromatic heterocycles. The number of rotatable bonds is 3. The van der Waals surface area contributed by atoms with Gasteiger partial charge in [0.05, 0.1) is 0 Å². The van der Waals surface area contributed by atoms with Crippen LogP contribution in [0.5, 0.6) is 0 Å². The van der Waals surface area contributed by atoms with Crippen LogP contribution in [0.4, 0.5) is 5.69 Å². The lowest BCUT2D eigenvalue weighted by Crippen LogP contribution is -1.87. The van der Waals surface area contributed by atoms with Crippen LogP contribution in [0.2, 0.25) is 0 Å². The Kier molecular flexibility index (Phi) is 4.54. The van der Waals surface area contributed by atoms with Gasteiger partial charge >= 0.3 is 0 Å². The number of hydrogen-bond donors (Lipinski definition) is 1. The van der Waals surface area contributed by atoms with Crippen LogP contribution >= 0.6 is 0 Å². The maximum Gasteiger partial charge on any atom is 0.130 e. The van der Waals surface area contributed by atoms with Crippen molar-refractivity contribution in [2.75, 3.05) is 5.73 Å². The van der Waals surface area contributed by atoms with E-state index in [1.165, 1.54) is 0 Å². The molecular weight excluding hydrogens is 258 g/mol. The third kappa shape index (κ3) is 3.83. The number of nitrogens with two attached hydrogens (primary N) is 1. The minimum absolute atomic E-state index is 0.0929. The van der Waals surface area contributed by atoms with Crippen molar-refractivity contribution >= 4 is 23.9 Å². The van der Waals surface area contributed by atoms with E-state index in [9.17, 15) is 0 Å². The Morgan fingerprint density at radius 3 is 2.10 bits per heavy atom. The van der Waals surface area contributed by atoms with Crippen molar-refractivity contribution in [1.82, 2.24) is 0 Å². The predicted octanol–water partition coefficient (Wildman–Crippen LogP) is 3.87. The van der Waals surface area contributed by atoms with Gasteiger partial charge in [-0.15, -0.1) is 0 Å². The molecule has 2 aromatic carbocycles. The molecule has 0 unspecified atom stereocenters. The summed E-state index contributed by atoms with van der Waals surface area (Å²) in [7, 11) is 0. The predicted molar refractivity (Wildman–Crippen MR) is 85.4 cm³/mol. The molecule has 2 N–H and O–H groups in total. The Morgan fingerprint density at radius 1 is 0.857 bits per heavy atom. The van der Waals surface area contributed by atoms with E-state index in [1.54, 1.807) is 6.08 Å². The minimum atomic E-state index is 0.0929. The number of benzene rings is 2. The average molecular weight is 271 g/mol. The lowest BCUT2D eigenvalue weighted by Gasteiger charge is -1.99. The summed E-state index contributed by atoms with van der Waals surface area (Å²) in [4.78, 5) is 0. The SMILES string of the molecule is N#CC(C#N)=Cc1ccc(C=Cc2ccccc2N)cc1. The van der Waals surface area contributed by atoms with Crippen molar-refractivity contribution in [2.24, 2.45) is 0 Å². The number of allylic oxidation sites excluding steroid dienone is 1. The highest BCUT2D eigenvalue weighted by atomic mass is 14.5. The molecule has 0 heterocycles. The number of hydrogen-bond acceptors (Lipinski definition) is 3. The Balaban J connectivity index is 2.18. The summed E-state index contributed by atoms with van der Waals surface area (Å²) in [6.45, 7) is 0. The molecule has 0 saturated carbocycles. The maximum atomic E-state index is 8.71. The standard InChI is InChI=1S/C18H13N3/c19-12-16(13-20)11-15-7-5-14(6-8-15)9-10-17-3-1-2-4-18(17)21/h1-11H,21H2. The molecule has 0 saturated heterocycles. The van der Waals surface area contributed by atoms with Crippen molar-refractivity contribution < 1.29 is 0 Å². The maximum absolute atomic E-state index is 8.71. The van der Waals surface area contributed by atoms with Gasteiger partial charge in [0.15, 0.2) is 0 Å². The zero-order valence-electron chi connectivity index (χ0n) is 11.3. The molecule has 0 amide bonds. The number of nitrogen functional groups attached to an aromatic ring is 1. The molecule has 2 aromatic rings. The van der Waals surface area contributed by atoms with Crippen LogP contribution in [0.15, 0.2) is 54.1 Å². The number of nitrogens with zero attached hydrogens (tertiary/aromatic N) is 2. The first-order valence-corrected chi connectivity index (χ1v) is 6.37. The normalized spacial score (nSPS) is 9.81. The van der Waals surface area contributed by atoms with E-state index < -0.39 is 0 Å². The molecule has 3 nitrogen and oxygen atoms in total. The molecular formula is C18H13N3. The number of para-hydroxylation sites is 1. The second-order valence-corrected chi connectivity index (χ2v) is 4.41. The van der Waals surface area contributed by atoms with E-state index in [1.807, 2.05) is 72.8 Å². The van der Waals surface area contributed by atoms with Gasteiger partial charge in [0.2, 0.25) is 0 Å². The third-order valence-corrected chi connectivity index (χ3v) is 2.94. The average Bonchev–Trinajstić information content (AvgIpc) is 2.53. The Hall–Kier alpha value is -3.30. The van der Waals surface area contributed by atoms with Gasteiger partial charge in [0.25, 0.3) is 0 Å². The second kappa shape index (κ2) is 6.75. The molecule has 3 heteroatoms. The topological polar surface area (TPSA) is 73.6 Å². The molecule has 0 fully saturated rings. The van der Waals surface area contributed by atoms with Crippen LogP contribution in [-0.2, 0) is 0 Å². The van der Waals surface area contributed by atoms with Crippen molar-refractivity contribution in [1.29, 1.82) is 10.5 Å². The molecule has 0 aliphatic heterocycles. The Morgan fingerprint density at radius 2 is 1.48 bits per heavy atom. The van der Waals surface area contributed by atoms with Crippen LogP contribution in [0.25, 0.3) is 18.2 Å². The van der Waals surface area contributed by atoms with Crippen LogP contribution in [-0.4, -0.2) is 0 Å². The van der Waals surface area contributed by atoms with Gasteiger partial charge in [-0.1, -0.05) is 54.6 Å². The summed E-state index contributed by atoms with van der Waals surface area (Å²) < 4.78 is 0. The smallest absolute Gasteiger partial charge is 0.130 e. The van der Waals surface area contributed by atoms with Gasteiger partial charge in [-0.3, -0.25) is 0 Å². The molecule has 0 aliphatic carbocycles. The first-order valence-electron chi connectivity index (χ1n) is 6.37. The Bertz CT molecular complexity index is 753. The van der Waals surface area contributed by atoms with Crippen molar-refractivity contribution in [3.63, 3.8) is 0 Å². The first-order chi connectivity index (χ1) is 10.2. The number of anilines is 1. The van der Waals surface area contributed by atoms with Crippen molar-refractivity contribution in [3.05, 3.63) is 70.8 Å². The largest absolute Gasteiger partial charge is 0.398 e. The Labute approximate surface area is 123 Å². The summed E-state index contributed by atoms with van der Waals surface area (Å²) in [5.41, 5.74) is 9.52. The van der Waals surface area contributed by atoms with E-state index in [0.717, 1.165) is 22.4 Å². The van der Waals surface area contributed by atoms with Gasteiger partial charge in [-0.25, -0.2) is 0 Å². The fraction of sp³-hybridized carbons (Fsp3) is 0. The second-order valence-electron chi connectivity index (χ2n) is 4.41. The molecule has 21 heavy (non-hydrogen) atoms. The van der Waals surface area contributed by atoms with Crippen molar-refractivity contribution in [2.45, 2.75) is 0 Å². The molecule has 0 spiro atoms. The lowest BCUT2D eigenvalue weighted by molar-refractivity contribution is 1.47. The molecule has 0 bridgehead atoms. The van der Waals surface area contributed by atoms with E-state index >= 15 is 0 Å². The van der Waals surface area contributed by atoms with Crippen molar-refractivity contribution in [3.8, 4) is 12.1 Å². The van der Waals surface area contributed by atoms with E-state index in [4.69, 9.17) is 16.3 Å². The third-order valence-electron chi connectivity index (χ3n) is 2.94. The molecule has 0 radical (unpaired) electrons. The fourth-order valence-corrected chi connectivity index (χ4v) is 1.81. The molecule has 0 atom stereocenters. The highest BCUT2D eigenvalue weighted by Crippen LogP contribution is 2.15. The van der Waals surface area contributed by atoms with Gasteiger partial charge in [-0.2, -0.15) is 10.5 Å². The summed E-state index contributed by atoms with van der Waals surface area (Å²) in [5.74, 6) is 0. The van der Waals surface area contributed by atoms with Crippen LogP contribution in [0, 0.1) is 22.7 Å². The zero-order valence-corrected chi connectivity index (χ0v) is 11.3. The lowest BCUT2D eigenvalue weighted by atomic mass is 10.1. The van der Waals surface area contributed by atoms with Gasteiger partial charge < -0.3 is 5.73 Å². The zero-order chi connectivity index (χ0) is 15.1. The molecule has 100 valence electrons. The van der Waals surface area contributed by atoms with E-state index in [0.29, 0.717) is 0 Å². The summed E-state index contributed by atoms with van der Waals surface area (Å²) in [6, 6.07) is 18.9. The van der Waals surface area contributed by atoms with Gasteiger partial charge in [-0.05, 0) is 28.8 Å². The highest BCUT2D eigenvalue weighted by Gasteiger charge is 1.95. The highest BCUT2D eigenvalue weighted by molar-refractivity contribution is 5.76. The molecule has 0 aliphatic rings. The summed E-state index contributed by atoms with van der Waals surface area (Å²) >= 11 is 0. The van der Waals surface area contributed by atoms with Crippen LogP contribution in [0.1, 0.15) is 16.7 Å². The van der Waals surface area contributed by atoms with E-state index in [2.05, 4.69) is 0 Å². The molecule has 2 rings (SSSR count). The van der Waals surface area contributed by atoms with Gasteiger partial charge in [0.1, 0.15) is 17.7 Å². The monoisotopic (exact) mass is 271 g/mol. The minimum Gasteiger partial charge on any atom is -0.398 e. The van der Waals surface area contributed by atoms with Crippen LogP contribution in [0.3, 0.4) is 0 Å². The quantitative estimate of drug-likeness (QED) is 0.523. The summed E-state index contributed by atoms with van der Waals surface area (Å²) in [6.07, 6.45) is 5.48. The van der Waals surface area contributed by atoms with Gasteiger partial charge in [0, 0.05) is 5.69 Å². The first kappa shape index (κ1) is 14.1. The van der Waals surface area contributed by atoms with Crippen LogP contribution < -0.4 is 5.73 Å². The summed E-state index contributed by atoms with van der Waals surface area (Å²) in [5, 5.41) is 17.4. The van der Waals surface area contributed by atoms with E-state index in [-0.39, 0.29) is 5.57 Å². The fourth-order valence-electron chi connectivity index (χ4n) is 1.81.